The summed E-state index contributed by atoms with van der Waals surface area (Å²) in [7, 11) is 0. The number of hydrazone groups is 1. The van der Waals surface area contributed by atoms with Crippen molar-refractivity contribution in [3.8, 4) is 0 Å². The molecule has 0 saturated carbocycles. The van der Waals surface area contributed by atoms with Crippen LogP contribution in [0.25, 0.3) is 0 Å². The lowest BCUT2D eigenvalue weighted by molar-refractivity contribution is 0.764. The van der Waals surface area contributed by atoms with Gasteiger partial charge < -0.3 is 0 Å². The van der Waals surface area contributed by atoms with Crippen molar-refractivity contribution < 1.29 is 0 Å². The first-order valence-corrected chi connectivity index (χ1v) is 5.38. The van der Waals surface area contributed by atoms with Crippen LogP contribution in [0.5, 0.6) is 0 Å². The molecule has 0 aliphatic carbocycles. The number of aromatic nitrogens is 2. The van der Waals surface area contributed by atoms with Crippen molar-refractivity contribution in [1.82, 2.24) is 9.55 Å². The maximum Gasteiger partial charge on any atom is 0.328 e. The summed E-state index contributed by atoms with van der Waals surface area (Å²) >= 11 is 0. The van der Waals surface area contributed by atoms with Gasteiger partial charge in [-0.1, -0.05) is 18.2 Å². The summed E-state index contributed by atoms with van der Waals surface area (Å²) in [5.41, 5.74) is 2.83. The van der Waals surface area contributed by atoms with E-state index in [4.69, 9.17) is 0 Å². The molecule has 0 aliphatic rings. The van der Waals surface area contributed by atoms with Crippen LogP contribution in [0.2, 0.25) is 0 Å². The molecule has 2 aromatic rings. The Balaban J connectivity index is 1.95. The molecule has 0 aliphatic heterocycles. The largest absolute Gasteiger partial charge is 0.328 e. The Morgan fingerprint density at radius 1 is 1.22 bits per heavy atom. The van der Waals surface area contributed by atoms with E-state index in [1.54, 1.807) is 6.21 Å². The van der Waals surface area contributed by atoms with Crippen molar-refractivity contribution in [2.75, 3.05) is 5.43 Å². The zero-order valence-electron chi connectivity index (χ0n) is 9.54. The molecular weight excluding hydrogens is 232 g/mol. The highest BCUT2D eigenvalue weighted by atomic mass is 16.2. The maximum atomic E-state index is 11.3. The highest BCUT2D eigenvalue weighted by Gasteiger charge is 1.93. The molecule has 0 unspecified atom stereocenters. The van der Waals surface area contributed by atoms with Gasteiger partial charge in [-0.3, -0.25) is 19.8 Å². The second kappa shape index (κ2) is 5.62. The Labute approximate surface area is 103 Å². The molecule has 0 radical (unpaired) electrons. The van der Waals surface area contributed by atoms with Crippen LogP contribution in [-0.4, -0.2) is 15.8 Å². The lowest BCUT2D eigenvalue weighted by Gasteiger charge is -2.00. The van der Waals surface area contributed by atoms with Crippen molar-refractivity contribution in [3.63, 3.8) is 0 Å². The van der Waals surface area contributed by atoms with Crippen molar-refractivity contribution in [3.05, 3.63) is 63.4 Å². The van der Waals surface area contributed by atoms with Gasteiger partial charge in [0.15, 0.2) is 0 Å². The molecule has 0 bridgehead atoms. The molecule has 92 valence electrons. The van der Waals surface area contributed by atoms with E-state index in [1.165, 1.54) is 16.8 Å². The first-order chi connectivity index (χ1) is 8.75. The van der Waals surface area contributed by atoms with Gasteiger partial charge in [0.2, 0.25) is 0 Å². The number of para-hydroxylation sites is 1. The van der Waals surface area contributed by atoms with Crippen LogP contribution in [0.15, 0.2) is 57.3 Å². The summed E-state index contributed by atoms with van der Waals surface area (Å²) in [6.07, 6.45) is 2.97. The Morgan fingerprint density at radius 3 is 2.72 bits per heavy atom. The van der Waals surface area contributed by atoms with E-state index in [0.29, 0.717) is 0 Å². The van der Waals surface area contributed by atoms with E-state index >= 15 is 0 Å². The second-order valence-electron chi connectivity index (χ2n) is 3.55. The molecule has 1 aromatic carbocycles. The molecule has 1 aromatic heterocycles. The van der Waals surface area contributed by atoms with E-state index in [0.717, 1.165) is 5.69 Å². The number of anilines is 1. The molecule has 1 heterocycles. The highest BCUT2D eigenvalue weighted by molar-refractivity contribution is 5.59. The van der Waals surface area contributed by atoms with Crippen molar-refractivity contribution in [2.45, 2.75) is 6.54 Å². The second-order valence-corrected chi connectivity index (χ2v) is 3.55. The quantitative estimate of drug-likeness (QED) is 0.611. The average Bonchev–Trinajstić information content (AvgIpc) is 2.38. The zero-order chi connectivity index (χ0) is 12.8. The highest BCUT2D eigenvalue weighted by Crippen LogP contribution is 2.03. The van der Waals surface area contributed by atoms with E-state index < -0.39 is 11.2 Å². The predicted molar refractivity (Wildman–Crippen MR) is 69.9 cm³/mol. The average molecular weight is 244 g/mol. The lowest BCUT2D eigenvalue weighted by atomic mass is 10.3. The van der Waals surface area contributed by atoms with E-state index in [9.17, 15) is 9.59 Å². The topological polar surface area (TPSA) is 79.2 Å². The summed E-state index contributed by atoms with van der Waals surface area (Å²) in [5.74, 6) is 0. The third kappa shape index (κ3) is 3.18. The zero-order valence-corrected chi connectivity index (χ0v) is 9.54. The molecule has 0 saturated heterocycles. The van der Waals surface area contributed by atoms with Gasteiger partial charge in [0.05, 0.1) is 12.2 Å². The van der Waals surface area contributed by atoms with Gasteiger partial charge in [0.1, 0.15) is 0 Å². The van der Waals surface area contributed by atoms with Gasteiger partial charge in [0.25, 0.3) is 5.56 Å². The van der Waals surface area contributed by atoms with Crippen LogP contribution in [-0.2, 0) is 6.54 Å². The standard InChI is InChI=1S/C12H12N4O2/c17-11-6-8-16(12(18)14-11)9-7-13-15-10-4-2-1-3-5-10/h1-8,15H,9H2,(H,14,17,18)/b13-7+. The molecule has 2 rings (SSSR count). The summed E-state index contributed by atoms with van der Waals surface area (Å²) < 4.78 is 1.34. The van der Waals surface area contributed by atoms with Crippen LogP contribution < -0.4 is 16.7 Å². The fourth-order valence-electron chi connectivity index (χ4n) is 1.35. The number of benzene rings is 1. The van der Waals surface area contributed by atoms with Crippen LogP contribution in [0.1, 0.15) is 0 Å². The number of nitrogens with one attached hydrogen (secondary N) is 2. The molecule has 6 nitrogen and oxygen atoms in total. The summed E-state index contributed by atoms with van der Waals surface area (Å²) in [5, 5.41) is 3.97. The summed E-state index contributed by atoms with van der Waals surface area (Å²) in [4.78, 5) is 24.3. The predicted octanol–water partition coefficient (Wildman–Crippen LogP) is 0.634. The van der Waals surface area contributed by atoms with Crippen molar-refractivity contribution in [2.24, 2.45) is 5.10 Å². The van der Waals surface area contributed by atoms with Crippen LogP contribution in [0, 0.1) is 0 Å². The number of hydrogen-bond donors (Lipinski definition) is 2. The van der Waals surface area contributed by atoms with E-state index in [2.05, 4.69) is 15.5 Å². The monoisotopic (exact) mass is 244 g/mol. The van der Waals surface area contributed by atoms with Crippen LogP contribution in [0.4, 0.5) is 5.69 Å². The third-order valence-electron chi connectivity index (χ3n) is 2.23. The Bertz CT molecular complexity index is 643. The SMILES string of the molecule is O=c1ccn(C/C=N/Nc2ccccc2)c(=O)[nH]1. The number of nitrogens with zero attached hydrogens (tertiary/aromatic N) is 2. The minimum Gasteiger partial charge on any atom is -0.295 e. The molecule has 2 N–H and O–H groups in total. The molecule has 0 spiro atoms. The number of hydrogen-bond acceptors (Lipinski definition) is 4. The molecule has 0 atom stereocenters. The normalized spacial score (nSPS) is 10.7. The van der Waals surface area contributed by atoms with E-state index in [1.807, 2.05) is 30.3 Å². The van der Waals surface area contributed by atoms with Gasteiger partial charge in [-0.15, -0.1) is 0 Å². The van der Waals surface area contributed by atoms with E-state index in [-0.39, 0.29) is 6.54 Å². The Kier molecular flexibility index (Phi) is 3.70. The van der Waals surface area contributed by atoms with Gasteiger partial charge in [-0.05, 0) is 12.1 Å². The van der Waals surface area contributed by atoms with Gasteiger partial charge in [0, 0.05) is 18.5 Å². The van der Waals surface area contributed by atoms with Crippen molar-refractivity contribution >= 4 is 11.9 Å². The van der Waals surface area contributed by atoms with Gasteiger partial charge >= 0.3 is 5.69 Å². The number of aromatic amines is 1. The number of rotatable bonds is 4. The molecule has 6 heteroatoms. The fourth-order valence-corrected chi connectivity index (χ4v) is 1.35. The van der Waals surface area contributed by atoms with Gasteiger partial charge in [-0.25, -0.2) is 4.79 Å². The number of H-pyrrole nitrogens is 1. The van der Waals surface area contributed by atoms with Crippen LogP contribution in [0.3, 0.4) is 0 Å². The maximum absolute atomic E-state index is 11.3. The fraction of sp³-hybridized carbons (Fsp3) is 0.0833. The first kappa shape index (κ1) is 11.8. The van der Waals surface area contributed by atoms with Crippen molar-refractivity contribution in [1.29, 1.82) is 0 Å². The molecule has 0 amide bonds. The summed E-state index contributed by atoms with van der Waals surface area (Å²) in [6.45, 7) is 0.287. The smallest absolute Gasteiger partial charge is 0.295 e. The lowest BCUT2D eigenvalue weighted by Crippen LogP contribution is -2.28. The Morgan fingerprint density at radius 2 is 2.00 bits per heavy atom. The summed E-state index contributed by atoms with van der Waals surface area (Å²) in [6, 6.07) is 10.7. The Hall–Kier alpha value is -2.63. The third-order valence-corrected chi connectivity index (χ3v) is 2.23. The minimum absolute atomic E-state index is 0.287. The molecular formula is C12H12N4O2. The first-order valence-electron chi connectivity index (χ1n) is 5.38. The minimum atomic E-state index is -0.450. The van der Waals surface area contributed by atoms with Gasteiger partial charge in [-0.2, -0.15) is 5.10 Å². The van der Waals surface area contributed by atoms with Crippen LogP contribution >= 0.6 is 0 Å². The molecule has 18 heavy (non-hydrogen) atoms. The molecule has 0 fully saturated rings.